The summed E-state index contributed by atoms with van der Waals surface area (Å²) < 4.78 is 43.6. The van der Waals surface area contributed by atoms with E-state index in [0.717, 1.165) is 5.56 Å². The van der Waals surface area contributed by atoms with E-state index < -0.39 is 11.6 Å². The Morgan fingerprint density at radius 1 is 0.542 bits per heavy atom. The minimum atomic E-state index is -4.48. The fourth-order valence-corrected chi connectivity index (χ4v) is 3.17. The number of alkyl halides is 3. The highest BCUT2D eigenvalue weighted by molar-refractivity contribution is 5.52. The van der Waals surface area contributed by atoms with Gasteiger partial charge >= 0.3 is 6.18 Å². The first kappa shape index (κ1) is 16.3. The molecular weight excluding hydrogens is 309 g/mol. The average Bonchev–Trinajstić information content (AvgIpc) is 2.58. The Morgan fingerprint density at radius 3 is 1.29 bits per heavy atom. The second-order valence-corrected chi connectivity index (χ2v) is 5.85. The molecule has 3 heteroatoms. The van der Waals surface area contributed by atoms with Crippen molar-refractivity contribution in [3.63, 3.8) is 0 Å². The molecule has 0 aliphatic rings. The monoisotopic (exact) mass is 326 g/mol. The summed E-state index contributed by atoms with van der Waals surface area (Å²) in [5.74, 6) is 0. The summed E-state index contributed by atoms with van der Waals surface area (Å²) in [4.78, 5) is 0. The van der Waals surface area contributed by atoms with Crippen LogP contribution in [-0.2, 0) is 5.41 Å². The molecule has 24 heavy (non-hydrogen) atoms. The van der Waals surface area contributed by atoms with E-state index >= 15 is 0 Å². The van der Waals surface area contributed by atoms with E-state index in [-0.39, 0.29) is 16.7 Å². The van der Waals surface area contributed by atoms with Crippen LogP contribution >= 0.6 is 0 Å². The molecule has 3 aromatic carbocycles. The maximum atomic E-state index is 14.5. The van der Waals surface area contributed by atoms with Crippen LogP contribution in [0.4, 0.5) is 13.2 Å². The van der Waals surface area contributed by atoms with E-state index in [1.54, 1.807) is 84.9 Å². The van der Waals surface area contributed by atoms with Crippen molar-refractivity contribution in [2.45, 2.75) is 18.5 Å². The average molecular weight is 326 g/mol. The zero-order chi connectivity index (χ0) is 17.2. The highest BCUT2D eigenvalue weighted by Crippen LogP contribution is 2.51. The van der Waals surface area contributed by atoms with Gasteiger partial charge in [0.05, 0.1) is 0 Å². The molecular formula is C21H17F3. The molecule has 0 nitrogen and oxygen atoms in total. The standard InChI is InChI=1S/C21H17F3/c1-16-12-14-19(15-13-16)20(21(22,23)24,17-8-4-2-5-9-17)18-10-6-3-7-11-18/h2-15H,1H3. The number of halogens is 3. The lowest BCUT2D eigenvalue weighted by atomic mass is 9.68. The fraction of sp³-hybridized carbons (Fsp3) is 0.143. The third kappa shape index (κ3) is 2.60. The van der Waals surface area contributed by atoms with Crippen LogP contribution in [0.3, 0.4) is 0 Å². The van der Waals surface area contributed by atoms with Crippen LogP contribution in [0.15, 0.2) is 84.9 Å². The normalized spacial score (nSPS) is 12.2. The van der Waals surface area contributed by atoms with Crippen LogP contribution in [0.5, 0.6) is 0 Å². The van der Waals surface area contributed by atoms with Gasteiger partial charge in [0.15, 0.2) is 0 Å². The molecule has 0 saturated carbocycles. The van der Waals surface area contributed by atoms with Gasteiger partial charge in [-0.25, -0.2) is 0 Å². The largest absolute Gasteiger partial charge is 0.406 e. The molecule has 0 unspecified atom stereocenters. The third-order valence-electron chi connectivity index (χ3n) is 4.32. The van der Waals surface area contributed by atoms with Gasteiger partial charge in [-0.05, 0) is 23.6 Å². The summed E-state index contributed by atoms with van der Waals surface area (Å²) in [5, 5.41) is 0. The number of hydrogen-bond donors (Lipinski definition) is 0. The molecule has 0 aliphatic carbocycles. The van der Waals surface area contributed by atoms with Crippen LogP contribution in [-0.4, -0.2) is 6.18 Å². The summed E-state index contributed by atoms with van der Waals surface area (Å²) >= 11 is 0. The maximum Gasteiger partial charge on any atom is 0.406 e. The number of aryl methyl sites for hydroxylation is 1. The molecule has 0 aromatic heterocycles. The Labute approximate surface area is 139 Å². The molecule has 3 rings (SSSR count). The highest BCUT2D eigenvalue weighted by Gasteiger charge is 2.58. The lowest BCUT2D eigenvalue weighted by Gasteiger charge is -2.37. The number of benzene rings is 3. The van der Waals surface area contributed by atoms with Gasteiger partial charge in [0, 0.05) is 0 Å². The zero-order valence-corrected chi connectivity index (χ0v) is 13.2. The van der Waals surface area contributed by atoms with Crippen LogP contribution in [0.1, 0.15) is 22.3 Å². The predicted molar refractivity (Wildman–Crippen MR) is 90.0 cm³/mol. The minimum absolute atomic E-state index is 0.215. The summed E-state index contributed by atoms with van der Waals surface area (Å²) in [5.41, 5.74) is -0.613. The Bertz CT molecular complexity index is 748. The molecule has 0 radical (unpaired) electrons. The van der Waals surface area contributed by atoms with Crippen LogP contribution in [0.25, 0.3) is 0 Å². The van der Waals surface area contributed by atoms with Crippen molar-refractivity contribution in [2.75, 3.05) is 0 Å². The summed E-state index contributed by atoms with van der Waals surface area (Å²) in [6, 6.07) is 22.8. The van der Waals surface area contributed by atoms with E-state index in [9.17, 15) is 13.2 Å². The SMILES string of the molecule is Cc1ccc(C(c2ccccc2)(c2ccccc2)C(F)(F)F)cc1. The molecule has 0 atom stereocenters. The van der Waals surface area contributed by atoms with Crippen molar-refractivity contribution in [2.24, 2.45) is 0 Å². The van der Waals surface area contributed by atoms with E-state index in [2.05, 4.69) is 0 Å². The van der Waals surface area contributed by atoms with E-state index in [0.29, 0.717) is 0 Å². The van der Waals surface area contributed by atoms with Crippen LogP contribution in [0.2, 0.25) is 0 Å². The number of rotatable bonds is 3. The van der Waals surface area contributed by atoms with Gasteiger partial charge in [-0.1, -0.05) is 90.5 Å². The first-order valence-corrected chi connectivity index (χ1v) is 7.71. The minimum Gasteiger partial charge on any atom is -0.169 e. The molecule has 0 N–H and O–H groups in total. The van der Waals surface area contributed by atoms with Gasteiger partial charge in [-0.2, -0.15) is 13.2 Å². The second kappa shape index (κ2) is 6.16. The topological polar surface area (TPSA) is 0 Å². The first-order valence-electron chi connectivity index (χ1n) is 7.71. The fourth-order valence-electron chi connectivity index (χ4n) is 3.17. The van der Waals surface area contributed by atoms with Crippen molar-refractivity contribution in [1.29, 1.82) is 0 Å². The Balaban J connectivity index is 2.40. The highest BCUT2D eigenvalue weighted by atomic mass is 19.4. The summed E-state index contributed by atoms with van der Waals surface area (Å²) in [6.07, 6.45) is -4.48. The first-order chi connectivity index (χ1) is 11.5. The Kier molecular flexibility index (Phi) is 4.18. The van der Waals surface area contributed by atoms with Crippen molar-refractivity contribution in [3.8, 4) is 0 Å². The van der Waals surface area contributed by atoms with Crippen LogP contribution < -0.4 is 0 Å². The molecule has 0 amide bonds. The molecule has 0 fully saturated rings. The smallest absolute Gasteiger partial charge is 0.169 e. The molecule has 0 aliphatic heterocycles. The second-order valence-electron chi connectivity index (χ2n) is 5.85. The van der Waals surface area contributed by atoms with Crippen molar-refractivity contribution in [1.82, 2.24) is 0 Å². The lowest BCUT2D eigenvalue weighted by Crippen LogP contribution is -2.44. The van der Waals surface area contributed by atoms with Gasteiger partial charge < -0.3 is 0 Å². The van der Waals surface area contributed by atoms with Crippen LogP contribution in [0, 0.1) is 6.92 Å². The molecule has 0 heterocycles. The molecule has 0 bridgehead atoms. The third-order valence-corrected chi connectivity index (χ3v) is 4.32. The van der Waals surface area contributed by atoms with Gasteiger partial charge in [0.2, 0.25) is 0 Å². The van der Waals surface area contributed by atoms with Gasteiger partial charge in [0.1, 0.15) is 5.41 Å². The van der Waals surface area contributed by atoms with Gasteiger partial charge in [0.25, 0.3) is 0 Å². The van der Waals surface area contributed by atoms with Gasteiger partial charge in [-0.15, -0.1) is 0 Å². The Morgan fingerprint density at radius 2 is 0.917 bits per heavy atom. The Hall–Kier alpha value is -2.55. The van der Waals surface area contributed by atoms with Crippen molar-refractivity contribution < 1.29 is 13.2 Å². The van der Waals surface area contributed by atoms with Crippen molar-refractivity contribution >= 4 is 0 Å². The summed E-state index contributed by atoms with van der Waals surface area (Å²) in [7, 11) is 0. The number of hydrogen-bond acceptors (Lipinski definition) is 0. The summed E-state index contributed by atoms with van der Waals surface area (Å²) in [6.45, 7) is 1.87. The maximum absolute atomic E-state index is 14.5. The zero-order valence-electron chi connectivity index (χ0n) is 13.2. The van der Waals surface area contributed by atoms with E-state index in [1.807, 2.05) is 6.92 Å². The van der Waals surface area contributed by atoms with E-state index in [1.165, 1.54) is 0 Å². The molecule has 3 aromatic rings. The predicted octanol–water partition coefficient (Wildman–Crippen LogP) is 5.89. The van der Waals surface area contributed by atoms with Crippen molar-refractivity contribution in [3.05, 3.63) is 107 Å². The quantitative estimate of drug-likeness (QED) is 0.526. The molecule has 122 valence electrons. The van der Waals surface area contributed by atoms with Gasteiger partial charge in [-0.3, -0.25) is 0 Å². The molecule has 0 saturated heterocycles. The van der Waals surface area contributed by atoms with E-state index in [4.69, 9.17) is 0 Å². The lowest BCUT2D eigenvalue weighted by molar-refractivity contribution is -0.166. The molecule has 0 spiro atoms.